The average molecular weight is 797 g/mol. The van der Waals surface area contributed by atoms with Crippen molar-refractivity contribution in [2.45, 2.75) is 0 Å². The topological polar surface area (TPSA) is 71.7 Å². The molecule has 0 unspecified atom stereocenters. The number of para-hydroxylation sites is 2. The predicted octanol–water partition coefficient (Wildman–Crippen LogP) is 15.5. The van der Waals surface area contributed by atoms with Gasteiger partial charge in [0.1, 0.15) is 49.3 Å². The number of pyridine rings is 2. The van der Waals surface area contributed by atoms with Crippen LogP contribution < -0.4 is 9.80 Å². The summed E-state index contributed by atoms with van der Waals surface area (Å²) in [6.45, 7) is 0. The second kappa shape index (κ2) is 12.5. The summed E-state index contributed by atoms with van der Waals surface area (Å²) in [6, 6.07) is 54.6. The number of rotatable bonds is 6. The van der Waals surface area contributed by atoms with Crippen LogP contribution in [0.1, 0.15) is 0 Å². The number of benzene rings is 6. The lowest BCUT2D eigenvalue weighted by atomic mass is 10.1. The summed E-state index contributed by atoms with van der Waals surface area (Å²) in [5.41, 5.74) is 8.27. The Hall–Kier alpha value is -7.46. The molecule has 0 aliphatic rings. The molecule has 278 valence electrons. The number of fused-ring (bicyclic) bond motifs is 11. The van der Waals surface area contributed by atoms with Gasteiger partial charge in [-0.05, 0) is 71.4 Å². The fraction of sp³-hybridized carbons (Fsp3) is 0. The second-order valence-electron chi connectivity index (χ2n) is 14.7. The van der Waals surface area contributed by atoms with Crippen LogP contribution in [0.25, 0.3) is 86.1 Å². The first-order valence-electron chi connectivity index (χ1n) is 19.3. The summed E-state index contributed by atoms with van der Waals surface area (Å²) in [5.74, 6) is 0.727. The van der Waals surface area contributed by atoms with Crippen LogP contribution in [0, 0.1) is 0 Å². The molecule has 13 rings (SSSR count). The van der Waals surface area contributed by atoms with Crippen molar-refractivity contribution in [1.29, 1.82) is 0 Å². The summed E-state index contributed by atoms with van der Waals surface area (Å²) < 4.78 is 21.8. The Balaban J connectivity index is 0.959. The third-order valence-corrected chi connectivity index (χ3v) is 13.4. The van der Waals surface area contributed by atoms with E-state index in [1.807, 2.05) is 54.9 Å². The van der Waals surface area contributed by atoms with E-state index in [1.165, 1.54) is 20.2 Å². The molecule has 0 aliphatic carbocycles. The third kappa shape index (κ3) is 5.12. The van der Waals surface area contributed by atoms with Gasteiger partial charge in [-0.3, -0.25) is 4.90 Å². The molecule has 13 aromatic rings. The lowest BCUT2D eigenvalue weighted by Crippen LogP contribution is -2.09. The van der Waals surface area contributed by atoms with Crippen molar-refractivity contribution in [3.63, 3.8) is 0 Å². The number of anilines is 6. The maximum absolute atomic E-state index is 6.73. The molecule has 0 saturated carbocycles. The van der Waals surface area contributed by atoms with Crippen molar-refractivity contribution < 1.29 is 13.3 Å². The van der Waals surface area contributed by atoms with Crippen molar-refractivity contribution in [3.05, 3.63) is 170 Å². The number of hydrogen-bond acceptors (Lipinski definition) is 9. The van der Waals surface area contributed by atoms with Crippen LogP contribution in [0.3, 0.4) is 0 Å². The Morgan fingerprint density at radius 3 is 1.53 bits per heavy atom. The van der Waals surface area contributed by atoms with Crippen LogP contribution in [0.2, 0.25) is 0 Å². The van der Waals surface area contributed by atoms with Crippen LogP contribution in [0.4, 0.5) is 32.9 Å². The van der Waals surface area contributed by atoms with Crippen molar-refractivity contribution in [2.24, 2.45) is 0 Å². The molecule has 0 amide bonds. The lowest BCUT2D eigenvalue weighted by Gasteiger charge is -2.23. The van der Waals surface area contributed by atoms with Gasteiger partial charge in [0.05, 0.1) is 28.6 Å². The molecular weight excluding hydrogens is 769 g/mol. The van der Waals surface area contributed by atoms with E-state index in [2.05, 4.69) is 125 Å². The monoisotopic (exact) mass is 796 g/mol. The molecule has 7 nitrogen and oxygen atoms in total. The van der Waals surface area contributed by atoms with Crippen LogP contribution >= 0.6 is 22.7 Å². The van der Waals surface area contributed by atoms with Crippen molar-refractivity contribution in [3.8, 4) is 0 Å². The minimum absolute atomic E-state index is 0.671. The first kappa shape index (κ1) is 32.6. The summed E-state index contributed by atoms with van der Waals surface area (Å²) in [4.78, 5) is 14.5. The number of aromatic nitrogens is 2. The Morgan fingerprint density at radius 1 is 0.373 bits per heavy atom. The highest BCUT2D eigenvalue weighted by molar-refractivity contribution is 7.23. The van der Waals surface area contributed by atoms with Crippen LogP contribution in [-0.2, 0) is 0 Å². The highest BCUT2D eigenvalue weighted by Crippen LogP contribution is 2.46. The SMILES string of the molecule is c1ccc2sc(N(c3ccc4c(c3)oc3ccccc34)c3cnc4c(c3)oc3cc(N(c5ccc6c(c5)oc5ccccc56)c5cc6ccccc6s5)ncc34)cc2c1. The molecule has 0 saturated heterocycles. The highest BCUT2D eigenvalue weighted by Gasteiger charge is 2.23. The fourth-order valence-corrected chi connectivity index (χ4v) is 10.6. The molecule has 0 radical (unpaired) electrons. The molecule has 0 N–H and O–H groups in total. The van der Waals surface area contributed by atoms with E-state index in [0.717, 1.165) is 87.7 Å². The predicted molar refractivity (Wildman–Crippen MR) is 244 cm³/mol. The summed E-state index contributed by atoms with van der Waals surface area (Å²) in [7, 11) is 0. The average Bonchev–Trinajstić information content (AvgIpc) is 4.10. The number of thiophene rings is 2. The standard InChI is InChI=1S/C50H28N4O3S2/c1-7-15-45-29(9-1)21-48(58-45)53(31-17-19-36-34-11-3-5-13-39(34)55-41(36)23-31)33-25-44-50(52-27-33)38-28-51-47(26-43(38)57-44)54(49-22-30-10-2-8-16-46(30)59-49)32-18-20-37-35-12-4-6-14-40(35)56-42(37)24-32/h1-28H. The lowest BCUT2D eigenvalue weighted by molar-refractivity contribution is 0.668. The van der Waals surface area contributed by atoms with Crippen LogP contribution in [0.5, 0.6) is 0 Å². The number of nitrogens with zero attached hydrogens (tertiary/aromatic N) is 4. The first-order chi connectivity index (χ1) is 29.2. The molecular formula is C50H28N4O3S2. The first-order valence-corrected chi connectivity index (χ1v) is 20.9. The molecule has 0 atom stereocenters. The summed E-state index contributed by atoms with van der Waals surface area (Å²) >= 11 is 3.46. The van der Waals surface area contributed by atoms with E-state index in [-0.39, 0.29) is 0 Å². The van der Waals surface area contributed by atoms with Crippen molar-refractivity contribution >= 4 is 142 Å². The minimum atomic E-state index is 0.671. The maximum Gasteiger partial charge on any atom is 0.156 e. The quantitative estimate of drug-likeness (QED) is 0.166. The van der Waals surface area contributed by atoms with Gasteiger partial charge in [0.15, 0.2) is 5.58 Å². The molecule has 0 bridgehead atoms. The van der Waals surface area contributed by atoms with Gasteiger partial charge in [0.2, 0.25) is 0 Å². The minimum Gasteiger partial charge on any atom is -0.456 e. The normalized spacial score (nSPS) is 12.1. The van der Waals surface area contributed by atoms with Gasteiger partial charge in [0.25, 0.3) is 0 Å². The summed E-state index contributed by atoms with van der Waals surface area (Å²) in [5, 5.41) is 9.64. The van der Waals surface area contributed by atoms with Gasteiger partial charge in [-0.2, -0.15) is 0 Å². The number of hydrogen-bond donors (Lipinski definition) is 0. The van der Waals surface area contributed by atoms with E-state index in [0.29, 0.717) is 11.2 Å². The van der Waals surface area contributed by atoms with Crippen LogP contribution in [-0.4, -0.2) is 9.97 Å². The van der Waals surface area contributed by atoms with Gasteiger partial charge < -0.3 is 18.2 Å². The molecule has 59 heavy (non-hydrogen) atoms. The maximum atomic E-state index is 6.73. The fourth-order valence-electron chi connectivity index (χ4n) is 8.41. The largest absolute Gasteiger partial charge is 0.456 e. The van der Waals surface area contributed by atoms with E-state index in [1.54, 1.807) is 22.7 Å². The smallest absolute Gasteiger partial charge is 0.156 e. The molecule has 6 aromatic carbocycles. The Morgan fingerprint density at radius 2 is 0.881 bits per heavy atom. The zero-order valence-electron chi connectivity index (χ0n) is 31.0. The van der Waals surface area contributed by atoms with Crippen LogP contribution in [0.15, 0.2) is 183 Å². The second-order valence-corrected chi connectivity index (χ2v) is 16.8. The molecule has 7 aromatic heterocycles. The third-order valence-electron chi connectivity index (χ3n) is 11.2. The summed E-state index contributed by atoms with van der Waals surface area (Å²) in [6.07, 6.45) is 3.80. The van der Waals surface area contributed by atoms with Gasteiger partial charge >= 0.3 is 0 Å². The van der Waals surface area contributed by atoms with Gasteiger partial charge in [-0.15, -0.1) is 22.7 Å². The zero-order chi connectivity index (χ0) is 38.6. The van der Waals surface area contributed by atoms with Gasteiger partial charge in [0, 0.05) is 61.4 Å². The van der Waals surface area contributed by atoms with E-state index in [9.17, 15) is 0 Å². The number of furan rings is 3. The van der Waals surface area contributed by atoms with Gasteiger partial charge in [-0.25, -0.2) is 9.97 Å². The zero-order valence-corrected chi connectivity index (χ0v) is 32.6. The molecule has 0 fully saturated rings. The van der Waals surface area contributed by atoms with Crippen molar-refractivity contribution in [2.75, 3.05) is 9.80 Å². The molecule has 0 aliphatic heterocycles. The van der Waals surface area contributed by atoms with Gasteiger partial charge in [-0.1, -0.05) is 72.8 Å². The Labute approximate surface area is 343 Å². The molecule has 7 heterocycles. The van der Waals surface area contributed by atoms with Crippen molar-refractivity contribution in [1.82, 2.24) is 9.97 Å². The van der Waals surface area contributed by atoms with E-state index < -0.39 is 0 Å². The Bertz CT molecular complexity index is 3480. The van der Waals surface area contributed by atoms with E-state index >= 15 is 0 Å². The molecule has 0 spiro atoms. The molecule has 9 heteroatoms. The highest BCUT2D eigenvalue weighted by atomic mass is 32.1. The Kier molecular flexibility index (Phi) is 6.92. The van der Waals surface area contributed by atoms with E-state index in [4.69, 9.17) is 23.2 Å².